The molecule has 1 fully saturated rings. The molecule has 0 aliphatic carbocycles. The lowest BCUT2D eigenvalue weighted by Gasteiger charge is -2.33. The van der Waals surface area contributed by atoms with Crippen LogP contribution in [0.1, 0.15) is 12.6 Å². The molecule has 1 aliphatic heterocycles. The van der Waals surface area contributed by atoms with E-state index in [1.807, 2.05) is 18.2 Å². The van der Waals surface area contributed by atoms with E-state index in [0.717, 1.165) is 48.2 Å². The van der Waals surface area contributed by atoms with Gasteiger partial charge in [-0.2, -0.15) is 0 Å². The number of ether oxygens (including phenoxy) is 1. The lowest BCUT2D eigenvalue weighted by molar-refractivity contribution is 0.164. The zero-order chi connectivity index (χ0) is 14.7. The summed E-state index contributed by atoms with van der Waals surface area (Å²) in [5, 5.41) is 6.65. The largest absolute Gasteiger partial charge is 0.497 e. The summed E-state index contributed by atoms with van der Waals surface area (Å²) in [4.78, 5) is 7.27. The highest BCUT2D eigenvalue weighted by atomic mass is 32.1. The first-order chi connectivity index (χ1) is 10.3. The van der Waals surface area contributed by atoms with E-state index in [4.69, 9.17) is 9.72 Å². The third kappa shape index (κ3) is 3.43. The zero-order valence-electron chi connectivity index (χ0n) is 12.5. The van der Waals surface area contributed by atoms with Gasteiger partial charge >= 0.3 is 0 Å². The number of thiazole rings is 1. The van der Waals surface area contributed by atoms with Crippen molar-refractivity contribution in [3.05, 3.63) is 35.3 Å². The Kier molecular flexibility index (Phi) is 4.53. The van der Waals surface area contributed by atoms with Crippen molar-refractivity contribution in [2.75, 3.05) is 26.7 Å². The maximum atomic E-state index is 5.28. The Labute approximate surface area is 129 Å². The summed E-state index contributed by atoms with van der Waals surface area (Å²) in [6, 6.07) is 8.66. The van der Waals surface area contributed by atoms with Crippen molar-refractivity contribution >= 4 is 11.3 Å². The summed E-state index contributed by atoms with van der Waals surface area (Å²) in [5.74, 6) is 0.875. The van der Waals surface area contributed by atoms with Crippen LogP contribution in [0.2, 0.25) is 0 Å². The van der Waals surface area contributed by atoms with Gasteiger partial charge in [0.25, 0.3) is 0 Å². The number of nitrogens with one attached hydrogen (secondary N) is 1. The molecule has 3 rings (SSSR count). The number of piperazine rings is 1. The highest BCUT2D eigenvalue weighted by Crippen LogP contribution is 2.27. The van der Waals surface area contributed by atoms with Crippen molar-refractivity contribution in [1.82, 2.24) is 15.2 Å². The van der Waals surface area contributed by atoms with E-state index in [0.29, 0.717) is 6.04 Å². The van der Waals surface area contributed by atoms with Crippen LogP contribution in [-0.2, 0) is 6.54 Å². The quantitative estimate of drug-likeness (QED) is 0.942. The van der Waals surface area contributed by atoms with Crippen LogP contribution >= 0.6 is 11.3 Å². The average Bonchev–Trinajstić information content (AvgIpc) is 2.98. The van der Waals surface area contributed by atoms with Crippen LogP contribution in [-0.4, -0.2) is 42.7 Å². The van der Waals surface area contributed by atoms with Crippen LogP contribution in [0.5, 0.6) is 5.75 Å². The van der Waals surface area contributed by atoms with Gasteiger partial charge < -0.3 is 10.1 Å². The number of rotatable bonds is 4. The lowest BCUT2D eigenvalue weighted by Crippen LogP contribution is -2.49. The van der Waals surface area contributed by atoms with Gasteiger partial charge in [0.1, 0.15) is 10.8 Å². The Morgan fingerprint density at radius 2 is 2.38 bits per heavy atom. The second-order valence-electron chi connectivity index (χ2n) is 5.40. The molecule has 0 spiro atoms. The summed E-state index contributed by atoms with van der Waals surface area (Å²) in [5.41, 5.74) is 2.28. The van der Waals surface area contributed by atoms with Crippen molar-refractivity contribution in [2.45, 2.75) is 19.5 Å². The van der Waals surface area contributed by atoms with Crippen molar-refractivity contribution < 1.29 is 4.74 Å². The molecule has 1 aromatic heterocycles. The molecule has 2 heterocycles. The van der Waals surface area contributed by atoms with Crippen LogP contribution in [0.3, 0.4) is 0 Å². The lowest BCUT2D eigenvalue weighted by atomic mass is 10.2. The molecule has 21 heavy (non-hydrogen) atoms. The molecule has 0 radical (unpaired) electrons. The molecule has 5 heteroatoms. The highest BCUT2D eigenvalue weighted by Gasteiger charge is 2.19. The SMILES string of the molecule is COc1cccc(-c2nc(CN3CCNC[C@@H]3C)cs2)c1. The van der Waals surface area contributed by atoms with E-state index >= 15 is 0 Å². The van der Waals surface area contributed by atoms with Gasteiger partial charge in [-0.15, -0.1) is 11.3 Å². The molecule has 1 saturated heterocycles. The molecule has 1 aromatic carbocycles. The first kappa shape index (κ1) is 14.5. The maximum Gasteiger partial charge on any atom is 0.123 e. The van der Waals surface area contributed by atoms with Crippen LogP contribution < -0.4 is 10.1 Å². The minimum Gasteiger partial charge on any atom is -0.497 e. The van der Waals surface area contributed by atoms with Gasteiger partial charge in [-0.25, -0.2) is 4.98 Å². The van der Waals surface area contributed by atoms with Crippen molar-refractivity contribution in [3.63, 3.8) is 0 Å². The number of nitrogens with zero attached hydrogens (tertiary/aromatic N) is 2. The number of methoxy groups -OCH3 is 1. The summed E-state index contributed by atoms with van der Waals surface area (Å²) in [6.07, 6.45) is 0. The number of benzene rings is 1. The Balaban J connectivity index is 1.73. The first-order valence-corrected chi connectivity index (χ1v) is 8.18. The minimum absolute atomic E-state index is 0.570. The van der Waals surface area contributed by atoms with E-state index in [1.165, 1.54) is 0 Å². The molecule has 1 atom stereocenters. The molecule has 1 N–H and O–H groups in total. The van der Waals surface area contributed by atoms with Crippen LogP contribution in [0.15, 0.2) is 29.6 Å². The Morgan fingerprint density at radius 1 is 1.48 bits per heavy atom. The second-order valence-corrected chi connectivity index (χ2v) is 6.26. The zero-order valence-corrected chi connectivity index (χ0v) is 13.3. The van der Waals surface area contributed by atoms with Gasteiger partial charge in [0.05, 0.1) is 12.8 Å². The third-order valence-electron chi connectivity index (χ3n) is 3.87. The molecule has 0 amide bonds. The standard InChI is InChI=1S/C16H21N3OS/c1-12-9-17-6-7-19(12)10-14-11-21-16(18-14)13-4-3-5-15(8-13)20-2/h3-5,8,11-12,17H,6-7,9-10H2,1-2H3/t12-/m0/s1. The molecule has 0 bridgehead atoms. The van der Waals surface area contributed by atoms with E-state index in [-0.39, 0.29) is 0 Å². The van der Waals surface area contributed by atoms with E-state index < -0.39 is 0 Å². The number of hydrogen-bond acceptors (Lipinski definition) is 5. The molecular weight excluding hydrogens is 282 g/mol. The van der Waals surface area contributed by atoms with E-state index in [9.17, 15) is 0 Å². The Bertz CT molecular complexity index is 599. The maximum absolute atomic E-state index is 5.28. The molecule has 4 nitrogen and oxygen atoms in total. The summed E-state index contributed by atoms with van der Waals surface area (Å²) in [7, 11) is 1.69. The van der Waals surface area contributed by atoms with Crippen LogP contribution in [0.4, 0.5) is 0 Å². The molecule has 0 unspecified atom stereocenters. The van der Waals surface area contributed by atoms with Crippen LogP contribution in [0, 0.1) is 0 Å². The predicted molar refractivity (Wildman–Crippen MR) is 86.8 cm³/mol. The third-order valence-corrected chi connectivity index (χ3v) is 4.81. The highest BCUT2D eigenvalue weighted by molar-refractivity contribution is 7.13. The topological polar surface area (TPSA) is 37.4 Å². The van der Waals surface area contributed by atoms with Crippen molar-refractivity contribution in [3.8, 4) is 16.3 Å². The fourth-order valence-corrected chi connectivity index (χ4v) is 3.40. The van der Waals surface area contributed by atoms with Gasteiger partial charge in [-0.3, -0.25) is 4.90 Å². The van der Waals surface area contributed by atoms with Gasteiger partial charge in [0.2, 0.25) is 0 Å². The van der Waals surface area contributed by atoms with E-state index in [2.05, 4.69) is 28.6 Å². The minimum atomic E-state index is 0.570. The van der Waals surface area contributed by atoms with E-state index in [1.54, 1.807) is 18.4 Å². The monoisotopic (exact) mass is 303 g/mol. The second kappa shape index (κ2) is 6.56. The van der Waals surface area contributed by atoms with Gasteiger partial charge in [0.15, 0.2) is 0 Å². The fourth-order valence-electron chi connectivity index (χ4n) is 2.59. The first-order valence-electron chi connectivity index (χ1n) is 7.30. The average molecular weight is 303 g/mol. The van der Waals surface area contributed by atoms with Gasteiger partial charge in [0, 0.05) is 43.2 Å². The molecule has 112 valence electrons. The van der Waals surface area contributed by atoms with Crippen LogP contribution in [0.25, 0.3) is 10.6 Å². The van der Waals surface area contributed by atoms with Gasteiger partial charge in [-0.1, -0.05) is 12.1 Å². The van der Waals surface area contributed by atoms with Gasteiger partial charge in [-0.05, 0) is 19.1 Å². The van der Waals surface area contributed by atoms with Crippen molar-refractivity contribution in [2.24, 2.45) is 0 Å². The summed E-state index contributed by atoms with van der Waals surface area (Å²) < 4.78 is 5.28. The predicted octanol–water partition coefficient (Wildman–Crippen LogP) is 2.61. The molecule has 0 saturated carbocycles. The fraction of sp³-hybridized carbons (Fsp3) is 0.438. The smallest absolute Gasteiger partial charge is 0.123 e. The number of aromatic nitrogens is 1. The number of hydrogen-bond donors (Lipinski definition) is 1. The summed E-state index contributed by atoms with van der Waals surface area (Å²) >= 11 is 1.70. The Hall–Kier alpha value is -1.43. The normalized spacial score (nSPS) is 19.6. The van der Waals surface area contributed by atoms with Crippen molar-refractivity contribution in [1.29, 1.82) is 0 Å². The Morgan fingerprint density at radius 3 is 3.19 bits per heavy atom. The summed E-state index contributed by atoms with van der Waals surface area (Å²) in [6.45, 7) is 6.42. The molecule has 2 aromatic rings. The molecule has 1 aliphatic rings. The molecular formula is C16H21N3OS.